The molecule has 1 aliphatic rings. The standard InChI is InChI=1S/C27H33N3O3/c1-6-19(13-14-20(7-2)32-4)21-12-9-16-29-25(21)15-17-30-18-24-22(26(28-3)33-5)10-8-11-23(24)27(30)31/h6,8-14,16,20H,7,15,17-18H2,1-5H3. The van der Waals surface area contributed by atoms with E-state index in [-0.39, 0.29) is 12.0 Å². The lowest BCUT2D eigenvalue weighted by molar-refractivity contribution is 0.0780. The number of fused-ring (bicyclic) bond motifs is 1. The van der Waals surface area contributed by atoms with E-state index >= 15 is 0 Å². The molecule has 33 heavy (non-hydrogen) atoms. The van der Waals surface area contributed by atoms with Gasteiger partial charge in [0.1, 0.15) is 0 Å². The van der Waals surface area contributed by atoms with Crippen LogP contribution in [0, 0.1) is 0 Å². The Morgan fingerprint density at radius 3 is 2.70 bits per heavy atom. The van der Waals surface area contributed by atoms with Gasteiger partial charge in [-0.15, -0.1) is 0 Å². The van der Waals surface area contributed by atoms with Crippen molar-refractivity contribution in [3.63, 3.8) is 0 Å². The maximum absolute atomic E-state index is 13.1. The lowest BCUT2D eigenvalue weighted by atomic mass is 10.0. The average molecular weight is 448 g/mol. The third-order valence-corrected chi connectivity index (χ3v) is 6.00. The van der Waals surface area contributed by atoms with Crippen LogP contribution in [0.1, 0.15) is 53.0 Å². The van der Waals surface area contributed by atoms with Crippen molar-refractivity contribution in [1.82, 2.24) is 9.88 Å². The summed E-state index contributed by atoms with van der Waals surface area (Å²) in [7, 11) is 5.02. The van der Waals surface area contributed by atoms with Crippen molar-refractivity contribution in [2.24, 2.45) is 4.99 Å². The first-order valence-corrected chi connectivity index (χ1v) is 11.3. The molecule has 1 aliphatic heterocycles. The van der Waals surface area contributed by atoms with E-state index in [1.807, 2.05) is 36.1 Å². The molecule has 6 heteroatoms. The fourth-order valence-electron chi connectivity index (χ4n) is 4.17. The number of pyridine rings is 1. The van der Waals surface area contributed by atoms with Crippen LogP contribution in [0.25, 0.3) is 5.57 Å². The Morgan fingerprint density at radius 1 is 1.24 bits per heavy atom. The minimum absolute atomic E-state index is 0.0351. The molecule has 0 radical (unpaired) electrons. The van der Waals surface area contributed by atoms with E-state index < -0.39 is 0 Å². The molecule has 0 saturated heterocycles. The number of hydrogen-bond donors (Lipinski definition) is 0. The number of benzene rings is 1. The van der Waals surface area contributed by atoms with Gasteiger partial charge in [0.2, 0.25) is 5.90 Å². The molecular formula is C27H33N3O3. The highest BCUT2D eigenvalue weighted by atomic mass is 16.5. The van der Waals surface area contributed by atoms with Gasteiger partial charge < -0.3 is 14.4 Å². The van der Waals surface area contributed by atoms with Gasteiger partial charge in [0.15, 0.2) is 0 Å². The summed E-state index contributed by atoms with van der Waals surface area (Å²) in [5.41, 5.74) is 5.69. The number of rotatable bonds is 9. The SMILES string of the molecule is CC=C(C=CC(CC)OC)c1cccnc1CCN1Cc2c(cccc2C(=NC)OC)C1=O. The van der Waals surface area contributed by atoms with Crippen LogP contribution < -0.4 is 0 Å². The fourth-order valence-corrected chi connectivity index (χ4v) is 4.17. The molecule has 0 N–H and O–H groups in total. The van der Waals surface area contributed by atoms with Crippen LogP contribution in [0.4, 0.5) is 0 Å². The second kappa shape index (κ2) is 11.6. The number of amides is 1. The van der Waals surface area contributed by atoms with E-state index in [9.17, 15) is 4.79 Å². The van der Waals surface area contributed by atoms with Crippen molar-refractivity contribution >= 4 is 17.4 Å². The zero-order valence-electron chi connectivity index (χ0n) is 20.2. The highest BCUT2D eigenvalue weighted by molar-refractivity contribution is 6.04. The van der Waals surface area contributed by atoms with E-state index in [2.05, 4.69) is 41.2 Å². The van der Waals surface area contributed by atoms with Crippen molar-refractivity contribution in [3.8, 4) is 0 Å². The van der Waals surface area contributed by atoms with Gasteiger partial charge in [0, 0.05) is 62.2 Å². The summed E-state index contributed by atoms with van der Waals surface area (Å²) in [6.07, 6.45) is 9.72. The van der Waals surface area contributed by atoms with E-state index in [1.54, 1.807) is 27.5 Å². The molecule has 1 aromatic heterocycles. The zero-order chi connectivity index (χ0) is 23.8. The molecule has 0 bridgehead atoms. The van der Waals surface area contributed by atoms with E-state index in [1.165, 1.54) is 0 Å². The highest BCUT2D eigenvalue weighted by Crippen LogP contribution is 2.28. The first kappa shape index (κ1) is 24.4. The molecule has 174 valence electrons. The second-order valence-electron chi connectivity index (χ2n) is 7.82. The number of methoxy groups -OCH3 is 2. The highest BCUT2D eigenvalue weighted by Gasteiger charge is 2.30. The van der Waals surface area contributed by atoms with Gasteiger partial charge >= 0.3 is 0 Å². The van der Waals surface area contributed by atoms with Gasteiger partial charge in [-0.1, -0.05) is 37.3 Å². The van der Waals surface area contributed by atoms with Gasteiger partial charge in [0.05, 0.1) is 13.2 Å². The summed E-state index contributed by atoms with van der Waals surface area (Å²) in [6, 6.07) is 9.73. The van der Waals surface area contributed by atoms with Crippen LogP contribution in [-0.4, -0.2) is 55.6 Å². The Balaban J connectivity index is 1.79. The number of carbonyl (C=O) groups is 1. The Labute approximate surface area is 196 Å². The van der Waals surface area contributed by atoms with Crippen LogP contribution in [0.3, 0.4) is 0 Å². The fraction of sp³-hybridized carbons (Fsp3) is 0.370. The topological polar surface area (TPSA) is 64.0 Å². The van der Waals surface area contributed by atoms with Crippen molar-refractivity contribution in [2.75, 3.05) is 27.8 Å². The van der Waals surface area contributed by atoms with E-state index in [4.69, 9.17) is 9.47 Å². The molecule has 2 heterocycles. The number of ether oxygens (including phenoxy) is 2. The Hall–Kier alpha value is -3.25. The maximum atomic E-state index is 13.1. The van der Waals surface area contributed by atoms with Crippen LogP contribution in [0.15, 0.2) is 59.7 Å². The van der Waals surface area contributed by atoms with Gasteiger partial charge in [-0.05, 0) is 42.7 Å². The Kier molecular flexibility index (Phi) is 8.55. The molecule has 6 nitrogen and oxygen atoms in total. The molecule has 0 aliphatic carbocycles. The number of aromatic nitrogens is 1. The number of aliphatic imine (C=N–C) groups is 1. The minimum atomic E-state index is 0.0351. The Morgan fingerprint density at radius 2 is 2.03 bits per heavy atom. The lowest BCUT2D eigenvalue weighted by Gasteiger charge is -2.17. The first-order valence-electron chi connectivity index (χ1n) is 11.3. The third kappa shape index (κ3) is 5.40. The van der Waals surface area contributed by atoms with Crippen molar-refractivity contribution < 1.29 is 14.3 Å². The minimum Gasteiger partial charge on any atom is -0.481 e. The smallest absolute Gasteiger partial charge is 0.254 e. The van der Waals surface area contributed by atoms with Crippen LogP contribution in [-0.2, 0) is 22.4 Å². The summed E-state index contributed by atoms with van der Waals surface area (Å²) < 4.78 is 10.9. The van der Waals surface area contributed by atoms with Crippen LogP contribution in [0.2, 0.25) is 0 Å². The van der Waals surface area contributed by atoms with Gasteiger partial charge in [-0.3, -0.25) is 14.8 Å². The summed E-state index contributed by atoms with van der Waals surface area (Å²) >= 11 is 0. The molecule has 1 amide bonds. The molecule has 1 aromatic carbocycles. The van der Waals surface area contributed by atoms with Crippen molar-refractivity contribution in [2.45, 2.75) is 39.3 Å². The van der Waals surface area contributed by atoms with Gasteiger partial charge in [0.25, 0.3) is 5.91 Å². The maximum Gasteiger partial charge on any atom is 0.254 e. The summed E-state index contributed by atoms with van der Waals surface area (Å²) in [6.45, 7) is 5.24. The Bertz CT molecular complexity index is 1070. The quantitative estimate of drug-likeness (QED) is 0.318. The number of carbonyl (C=O) groups excluding carboxylic acids is 1. The third-order valence-electron chi connectivity index (χ3n) is 6.00. The summed E-state index contributed by atoms with van der Waals surface area (Å²) in [5.74, 6) is 0.576. The average Bonchev–Trinajstić information content (AvgIpc) is 3.18. The van der Waals surface area contributed by atoms with Gasteiger partial charge in [-0.25, -0.2) is 0 Å². The number of allylic oxidation sites excluding steroid dienone is 3. The van der Waals surface area contributed by atoms with Crippen LogP contribution >= 0.6 is 0 Å². The molecule has 2 aromatic rings. The number of hydrogen-bond acceptors (Lipinski definition) is 5. The van der Waals surface area contributed by atoms with Gasteiger partial charge in [-0.2, -0.15) is 0 Å². The molecule has 0 fully saturated rings. The molecule has 1 atom stereocenters. The van der Waals surface area contributed by atoms with E-state index in [0.29, 0.717) is 31.0 Å². The normalized spacial score (nSPS) is 15.3. The largest absolute Gasteiger partial charge is 0.481 e. The molecule has 0 saturated carbocycles. The first-order chi connectivity index (χ1) is 16.1. The second-order valence-corrected chi connectivity index (χ2v) is 7.82. The molecule has 3 rings (SSSR count). The van der Waals surface area contributed by atoms with E-state index in [0.717, 1.165) is 34.4 Å². The number of nitrogens with zero attached hydrogens (tertiary/aromatic N) is 3. The monoisotopic (exact) mass is 447 g/mol. The molecule has 1 unspecified atom stereocenters. The molecular weight excluding hydrogens is 414 g/mol. The summed E-state index contributed by atoms with van der Waals surface area (Å²) in [5, 5.41) is 0. The lowest BCUT2D eigenvalue weighted by Crippen LogP contribution is -2.26. The predicted octanol–water partition coefficient (Wildman–Crippen LogP) is 4.69. The van der Waals surface area contributed by atoms with Crippen molar-refractivity contribution in [1.29, 1.82) is 0 Å². The predicted molar refractivity (Wildman–Crippen MR) is 132 cm³/mol. The van der Waals surface area contributed by atoms with Crippen molar-refractivity contribution in [3.05, 3.63) is 82.7 Å². The van der Waals surface area contributed by atoms with Crippen LogP contribution in [0.5, 0.6) is 0 Å². The summed E-state index contributed by atoms with van der Waals surface area (Å²) in [4.78, 5) is 23.8. The molecule has 0 spiro atoms. The zero-order valence-corrected chi connectivity index (χ0v) is 20.2.